The van der Waals surface area contributed by atoms with Crippen molar-refractivity contribution in [3.05, 3.63) is 29.3 Å². The number of fused-ring (bicyclic) bond motifs is 3. The highest BCUT2D eigenvalue weighted by atomic mass is 15.2. The summed E-state index contributed by atoms with van der Waals surface area (Å²) in [5, 5.41) is 0. The molecule has 0 aromatic heterocycles. The molecule has 3 nitrogen and oxygen atoms in total. The van der Waals surface area contributed by atoms with E-state index in [-0.39, 0.29) is 0 Å². The van der Waals surface area contributed by atoms with E-state index in [4.69, 9.17) is 5.73 Å². The second kappa shape index (κ2) is 4.74. The Balaban J connectivity index is 1.53. The predicted molar refractivity (Wildman–Crippen MR) is 82.6 cm³/mol. The third kappa shape index (κ3) is 1.95. The average Bonchev–Trinajstić information content (AvgIpc) is 2.69. The van der Waals surface area contributed by atoms with Gasteiger partial charge in [0, 0.05) is 36.9 Å². The summed E-state index contributed by atoms with van der Waals surface area (Å²) < 4.78 is 0. The van der Waals surface area contributed by atoms with Gasteiger partial charge in [-0.25, -0.2) is 0 Å². The van der Waals surface area contributed by atoms with Crippen LogP contribution in [0.2, 0.25) is 0 Å². The SMILES string of the molecule is CN1C2CCC1CC(N1CCc3cccc(N)c3C1)C2. The van der Waals surface area contributed by atoms with Gasteiger partial charge in [-0.1, -0.05) is 12.1 Å². The van der Waals surface area contributed by atoms with Crippen LogP contribution in [-0.4, -0.2) is 41.5 Å². The minimum absolute atomic E-state index is 0.774. The van der Waals surface area contributed by atoms with Crippen LogP contribution in [-0.2, 0) is 13.0 Å². The fraction of sp³-hybridized carbons (Fsp3) is 0.647. The van der Waals surface area contributed by atoms with Gasteiger partial charge in [-0.2, -0.15) is 0 Å². The summed E-state index contributed by atoms with van der Waals surface area (Å²) in [5.41, 5.74) is 10.0. The molecule has 20 heavy (non-hydrogen) atoms. The van der Waals surface area contributed by atoms with E-state index in [0.717, 1.165) is 30.4 Å². The molecule has 4 rings (SSSR count). The summed E-state index contributed by atoms with van der Waals surface area (Å²) in [5.74, 6) is 0. The Hall–Kier alpha value is -1.06. The first kappa shape index (κ1) is 12.7. The summed E-state index contributed by atoms with van der Waals surface area (Å²) in [6.07, 6.45) is 6.70. The van der Waals surface area contributed by atoms with Crippen molar-refractivity contribution in [3.63, 3.8) is 0 Å². The third-order valence-corrected chi connectivity index (χ3v) is 5.93. The van der Waals surface area contributed by atoms with Crippen molar-refractivity contribution in [2.75, 3.05) is 19.3 Å². The van der Waals surface area contributed by atoms with Crippen LogP contribution in [0.4, 0.5) is 5.69 Å². The highest BCUT2D eigenvalue weighted by molar-refractivity contribution is 5.51. The molecular weight excluding hydrogens is 246 g/mol. The van der Waals surface area contributed by atoms with Gasteiger partial charge in [0.05, 0.1) is 0 Å². The van der Waals surface area contributed by atoms with Crippen molar-refractivity contribution in [1.82, 2.24) is 9.80 Å². The Morgan fingerprint density at radius 1 is 1.10 bits per heavy atom. The Labute approximate surface area is 121 Å². The van der Waals surface area contributed by atoms with E-state index >= 15 is 0 Å². The van der Waals surface area contributed by atoms with Crippen LogP contribution in [0.15, 0.2) is 18.2 Å². The fourth-order valence-corrected chi connectivity index (χ4v) is 4.62. The molecule has 2 fully saturated rings. The quantitative estimate of drug-likeness (QED) is 0.795. The molecule has 3 heterocycles. The van der Waals surface area contributed by atoms with Gasteiger partial charge in [-0.05, 0) is 56.3 Å². The van der Waals surface area contributed by atoms with Gasteiger partial charge in [-0.3, -0.25) is 4.90 Å². The van der Waals surface area contributed by atoms with E-state index in [9.17, 15) is 0 Å². The second-order valence-electron chi connectivity index (χ2n) is 6.88. The molecule has 3 aliphatic rings. The van der Waals surface area contributed by atoms with Crippen LogP contribution in [0.5, 0.6) is 0 Å². The molecule has 3 aliphatic heterocycles. The van der Waals surface area contributed by atoms with E-state index in [0.29, 0.717) is 0 Å². The maximum absolute atomic E-state index is 6.19. The standard InChI is InChI=1S/C17H25N3/c1-19-13-5-6-14(19)10-15(9-13)20-8-7-12-3-2-4-17(18)16(12)11-20/h2-4,13-15H,5-11,18H2,1H3. The van der Waals surface area contributed by atoms with Gasteiger partial charge in [0.1, 0.15) is 0 Å². The van der Waals surface area contributed by atoms with E-state index < -0.39 is 0 Å². The lowest BCUT2D eigenvalue weighted by Crippen LogP contribution is -2.50. The normalized spacial score (nSPS) is 34.1. The molecule has 2 bridgehead atoms. The zero-order chi connectivity index (χ0) is 13.7. The van der Waals surface area contributed by atoms with E-state index in [1.54, 1.807) is 0 Å². The van der Waals surface area contributed by atoms with Crippen molar-refractivity contribution >= 4 is 5.69 Å². The van der Waals surface area contributed by atoms with Gasteiger partial charge in [0.15, 0.2) is 0 Å². The first-order chi connectivity index (χ1) is 9.72. The number of nitrogen functional groups attached to an aromatic ring is 1. The molecule has 0 spiro atoms. The van der Waals surface area contributed by atoms with Gasteiger partial charge < -0.3 is 10.6 Å². The maximum atomic E-state index is 6.19. The first-order valence-corrected chi connectivity index (χ1v) is 8.04. The van der Waals surface area contributed by atoms with Crippen LogP contribution in [0, 0.1) is 0 Å². The zero-order valence-electron chi connectivity index (χ0n) is 12.4. The number of hydrogen-bond donors (Lipinski definition) is 1. The number of benzene rings is 1. The third-order valence-electron chi connectivity index (χ3n) is 5.93. The number of hydrogen-bond acceptors (Lipinski definition) is 3. The van der Waals surface area contributed by atoms with Crippen LogP contribution < -0.4 is 5.73 Å². The predicted octanol–water partition coefficient (Wildman–Crippen LogP) is 2.25. The molecule has 2 atom stereocenters. The Bertz CT molecular complexity index is 499. The topological polar surface area (TPSA) is 32.5 Å². The van der Waals surface area contributed by atoms with Crippen LogP contribution in [0.25, 0.3) is 0 Å². The molecular formula is C17H25N3. The molecule has 1 aromatic rings. The second-order valence-corrected chi connectivity index (χ2v) is 6.88. The van der Waals surface area contributed by atoms with Gasteiger partial charge in [-0.15, -0.1) is 0 Å². The van der Waals surface area contributed by atoms with Crippen molar-refractivity contribution in [1.29, 1.82) is 0 Å². The molecule has 2 saturated heterocycles. The molecule has 0 radical (unpaired) electrons. The highest BCUT2D eigenvalue weighted by Gasteiger charge is 2.40. The highest BCUT2D eigenvalue weighted by Crippen LogP contribution is 2.38. The van der Waals surface area contributed by atoms with E-state index in [1.165, 1.54) is 49.8 Å². The molecule has 1 aromatic carbocycles. The van der Waals surface area contributed by atoms with Crippen molar-refractivity contribution in [3.8, 4) is 0 Å². The average molecular weight is 271 g/mol. The van der Waals surface area contributed by atoms with Gasteiger partial charge in [0.2, 0.25) is 0 Å². The number of nitrogens with two attached hydrogens (primary N) is 1. The van der Waals surface area contributed by atoms with Crippen LogP contribution in [0.3, 0.4) is 0 Å². The van der Waals surface area contributed by atoms with Crippen LogP contribution >= 0.6 is 0 Å². The molecule has 0 saturated carbocycles. The summed E-state index contributed by atoms with van der Waals surface area (Å²) in [6, 6.07) is 8.83. The van der Waals surface area contributed by atoms with Gasteiger partial charge in [0.25, 0.3) is 0 Å². The Morgan fingerprint density at radius 2 is 1.85 bits per heavy atom. The van der Waals surface area contributed by atoms with E-state index in [1.807, 2.05) is 0 Å². The minimum Gasteiger partial charge on any atom is -0.398 e. The summed E-state index contributed by atoms with van der Waals surface area (Å²) >= 11 is 0. The van der Waals surface area contributed by atoms with E-state index in [2.05, 4.69) is 35.0 Å². The molecule has 2 N–H and O–H groups in total. The maximum Gasteiger partial charge on any atom is 0.0362 e. The Morgan fingerprint density at radius 3 is 2.60 bits per heavy atom. The summed E-state index contributed by atoms with van der Waals surface area (Å²) in [7, 11) is 2.32. The zero-order valence-corrected chi connectivity index (χ0v) is 12.4. The van der Waals surface area contributed by atoms with Crippen molar-refractivity contribution < 1.29 is 0 Å². The smallest absolute Gasteiger partial charge is 0.0362 e. The number of rotatable bonds is 1. The van der Waals surface area contributed by atoms with Crippen molar-refractivity contribution in [2.24, 2.45) is 0 Å². The molecule has 0 aliphatic carbocycles. The molecule has 108 valence electrons. The molecule has 0 amide bonds. The Kier molecular flexibility index (Phi) is 3.00. The monoisotopic (exact) mass is 271 g/mol. The lowest BCUT2D eigenvalue weighted by Gasteiger charge is -2.43. The molecule has 2 unspecified atom stereocenters. The first-order valence-electron chi connectivity index (χ1n) is 8.04. The number of piperidine rings is 1. The van der Waals surface area contributed by atoms with Crippen LogP contribution in [0.1, 0.15) is 36.8 Å². The van der Waals surface area contributed by atoms with Gasteiger partial charge >= 0.3 is 0 Å². The lowest BCUT2D eigenvalue weighted by atomic mass is 9.92. The minimum atomic E-state index is 0.774. The summed E-state index contributed by atoms with van der Waals surface area (Å²) in [6.45, 7) is 2.28. The largest absolute Gasteiger partial charge is 0.398 e. The number of nitrogens with zero attached hydrogens (tertiary/aromatic N) is 2. The number of anilines is 1. The van der Waals surface area contributed by atoms with Crippen molar-refractivity contribution in [2.45, 2.75) is 56.8 Å². The fourth-order valence-electron chi connectivity index (χ4n) is 4.62. The summed E-state index contributed by atoms with van der Waals surface area (Å²) in [4.78, 5) is 5.33. The lowest BCUT2D eigenvalue weighted by molar-refractivity contribution is 0.0677. The molecule has 3 heteroatoms.